The number of carboxylic acids is 1. The van der Waals surface area contributed by atoms with Crippen molar-refractivity contribution in [3.8, 4) is 0 Å². The van der Waals surface area contributed by atoms with Gasteiger partial charge in [0.2, 0.25) is 0 Å². The second-order valence-corrected chi connectivity index (χ2v) is 9.70. The molecule has 2 aliphatic carbocycles. The third-order valence-electron chi connectivity index (χ3n) is 7.13. The van der Waals surface area contributed by atoms with E-state index >= 15 is 0 Å². The van der Waals surface area contributed by atoms with Crippen LogP contribution in [0.5, 0.6) is 0 Å². The van der Waals surface area contributed by atoms with Crippen LogP contribution in [0.4, 0.5) is 10.6 Å². The second kappa shape index (κ2) is 11.7. The number of nitrogens with zero attached hydrogens (tertiary/aromatic N) is 1. The van der Waals surface area contributed by atoms with Crippen LogP contribution >= 0.6 is 0 Å². The van der Waals surface area contributed by atoms with Crippen molar-refractivity contribution in [2.75, 3.05) is 18.5 Å². The van der Waals surface area contributed by atoms with Crippen molar-refractivity contribution < 1.29 is 24.2 Å². The molecule has 1 aromatic heterocycles. The van der Waals surface area contributed by atoms with Crippen LogP contribution in [0.25, 0.3) is 0 Å². The SMILES string of the molecule is O=C(N[C@@H](CCO[C@H]1C[C@H](CCc2ccc3c(n2)NCCC3)C1)C(=O)O)OC1CCCCC1. The van der Waals surface area contributed by atoms with Gasteiger partial charge in [0, 0.05) is 25.3 Å². The highest BCUT2D eigenvalue weighted by molar-refractivity contribution is 5.79. The number of aliphatic carboxylic acids is 1. The van der Waals surface area contributed by atoms with Crippen LogP contribution in [-0.4, -0.2) is 53.6 Å². The fraction of sp³-hybridized carbons (Fsp3) is 0.720. The van der Waals surface area contributed by atoms with Crippen molar-refractivity contribution >= 4 is 17.9 Å². The zero-order chi connectivity index (χ0) is 23.0. The van der Waals surface area contributed by atoms with E-state index in [9.17, 15) is 14.7 Å². The molecule has 0 bridgehead atoms. The molecule has 1 amide bonds. The summed E-state index contributed by atoms with van der Waals surface area (Å²) in [5, 5.41) is 15.3. The van der Waals surface area contributed by atoms with Crippen LogP contribution < -0.4 is 10.6 Å². The zero-order valence-electron chi connectivity index (χ0n) is 19.4. The number of carbonyl (C=O) groups excluding carboxylic acids is 1. The van der Waals surface area contributed by atoms with Crippen molar-refractivity contribution in [3.05, 3.63) is 23.4 Å². The summed E-state index contributed by atoms with van der Waals surface area (Å²) >= 11 is 0. The number of alkyl carbamates (subject to hydrolysis) is 1. The minimum absolute atomic E-state index is 0.0934. The van der Waals surface area contributed by atoms with E-state index in [1.54, 1.807) is 0 Å². The summed E-state index contributed by atoms with van der Waals surface area (Å²) in [7, 11) is 0. The molecule has 0 radical (unpaired) electrons. The van der Waals surface area contributed by atoms with Crippen LogP contribution in [0, 0.1) is 5.92 Å². The molecule has 0 unspecified atom stereocenters. The quantitative estimate of drug-likeness (QED) is 0.484. The van der Waals surface area contributed by atoms with Crippen LogP contribution in [0.1, 0.15) is 75.5 Å². The molecule has 3 aliphatic rings. The van der Waals surface area contributed by atoms with Crippen LogP contribution in [-0.2, 0) is 27.1 Å². The Hall–Kier alpha value is -2.35. The fourth-order valence-electron chi connectivity index (χ4n) is 5.03. The van der Waals surface area contributed by atoms with Crippen molar-refractivity contribution in [3.63, 3.8) is 0 Å². The molecule has 4 rings (SSSR count). The van der Waals surface area contributed by atoms with Gasteiger partial charge < -0.3 is 25.2 Å². The van der Waals surface area contributed by atoms with E-state index < -0.39 is 18.1 Å². The molecule has 1 aliphatic heterocycles. The van der Waals surface area contributed by atoms with Gasteiger partial charge in [-0.25, -0.2) is 14.6 Å². The highest BCUT2D eigenvalue weighted by Gasteiger charge is 2.30. The molecule has 8 nitrogen and oxygen atoms in total. The van der Waals surface area contributed by atoms with Gasteiger partial charge in [-0.1, -0.05) is 12.5 Å². The lowest BCUT2D eigenvalue weighted by atomic mass is 9.79. The lowest BCUT2D eigenvalue weighted by molar-refractivity contribution is -0.140. The third kappa shape index (κ3) is 7.06. The van der Waals surface area contributed by atoms with Gasteiger partial charge in [-0.2, -0.15) is 0 Å². The number of aryl methyl sites for hydroxylation is 2. The van der Waals surface area contributed by atoms with Gasteiger partial charge in [-0.3, -0.25) is 0 Å². The summed E-state index contributed by atoms with van der Waals surface area (Å²) in [5.74, 6) is 0.621. The Morgan fingerprint density at radius 3 is 2.76 bits per heavy atom. The summed E-state index contributed by atoms with van der Waals surface area (Å²) in [6, 6.07) is 3.37. The molecule has 0 spiro atoms. The smallest absolute Gasteiger partial charge is 0.408 e. The molecule has 1 atom stereocenters. The minimum Gasteiger partial charge on any atom is -0.480 e. The van der Waals surface area contributed by atoms with E-state index in [-0.39, 0.29) is 18.6 Å². The first-order valence-corrected chi connectivity index (χ1v) is 12.6. The first-order chi connectivity index (χ1) is 16.1. The van der Waals surface area contributed by atoms with Gasteiger partial charge >= 0.3 is 12.1 Å². The first kappa shape index (κ1) is 23.8. The molecular formula is C25H37N3O5. The van der Waals surface area contributed by atoms with Gasteiger partial charge in [0.15, 0.2) is 0 Å². The number of amides is 1. The number of hydrogen-bond acceptors (Lipinski definition) is 6. The fourth-order valence-corrected chi connectivity index (χ4v) is 5.03. The van der Waals surface area contributed by atoms with Crippen molar-refractivity contribution in [2.45, 2.75) is 95.3 Å². The van der Waals surface area contributed by atoms with Crippen LogP contribution in [0.15, 0.2) is 12.1 Å². The Balaban J connectivity index is 1.10. The Bertz CT molecular complexity index is 805. The minimum atomic E-state index is -1.06. The molecule has 33 heavy (non-hydrogen) atoms. The van der Waals surface area contributed by atoms with E-state index in [0.717, 1.165) is 75.8 Å². The van der Waals surface area contributed by atoms with Crippen molar-refractivity contribution in [1.29, 1.82) is 0 Å². The summed E-state index contributed by atoms with van der Waals surface area (Å²) in [6.45, 7) is 1.32. The first-order valence-electron chi connectivity index (χ1n) is 12.6. The average Bonchev–Trinajstić information content (AvgIpc) is 2.79. The molecule has 2 fully saturated rings. The van der Waals surface area contributed by atoms with Crippen molar-refractivity contribution in [2.24, 2.45) is 5.92 Å². The normalized spacial score (nSPS) is 23.5. The van der Waals surface area contributed by atoms with E-state index in [4.69, 9.17) is 14.5 Å². The lowest BCUT2D eigenvalue weighted by Crippen LogP contribution is -2.43. The van der Waals surface area contributed by atoms with Gasteiger partial charge in [0.05, 0.1) is 6.10 Å². The van der Waals surface area contributed by atoms with E-state index in [1.165, 1.54) is 18.4 Å². The Morgan fingerprint density at radius 2 is 1.97 bits per heavy atom. The standard InChI is InChI=1S/C25H37N3O5/c29-24(30)22(28-25(31)33-20-6-2-1-3-7-20)12-14-32-21-15-17(16-21)8-10-19-11-9-18-5-4-13-26-23(18)27-19/h9,11,17,20-22H,1-8,10,12-16H2,(H,26,27)(H,28,31)(H,29,30)/t17-,21-,22-/m0/s1. The second-order valence-electron chi connectivity index (χ2n) is 9.70. The number of ether oxygens (including phenoxy) is 2. The average molecular weight is 460 g/mol. The molecular weight excluding hydrogens is 422 g/mol. The maximum atomic E-state index is 12.1. The van der Waals surface area contributed by atoms with Gasteiger partial charge in [-0.05, 0) is 81.8 Å². The van der Waals surface area contributed by atoms with Crippen LogP contribution in [0.3, 0.4) is 0 Å². The summed E-state index contributed by atoms with van der Waals surface area (Å²) in [5.41, 5.74) is 2.46. The molecule has 8 heteroatoms. The van der Waals surface area contributed by atoms with Gasteiger partial charge in [0.25, 0.3) is 0 Å². The number of nitrogens with one attached hydrogen (secondary N) is 2. The van der Waals surface area contributed by atoms with E-state index in [0.29, 0.717) is 12.5 Å². The molecule has 0 aromatic carbocycles. The molecule has 1 aromatic rings. The summed E-state index contributed by atoms with van der Waals surface area (Å²) in [4.78, 5) is 28.3. The van der Waals surface area contributed by atoms with Gasteiger partial charge in [0.1, 0.15) is 18.0 Å². The monoisotopic (exact) mass is 459 g/mol. The number of aromatic nitrogens is 1. The molecule has 0 saturated heterocycles. The largest absolute Gasteiger partial charge is 0.480 e. The van der Waals surface area contributed by atoms with E-state index in [2.05, 4.69) is 22.8 Å². The van der Waals surface area contributed by atoms with Crippen LogP contribution in [0.2, 0.25) is 0 Å². The highest BCUT2D eigenvalue weighted by atomic mass is 16.6. The zero-order valence-corrected chi connectivity index (χ0v) is 19.4. The number of carboxylic acid groups (broad SMARTS) is 1. The van der Waals surface area contributed by atoms with E-state index in [1.807, 2.05) is 0 Å². The van der Waals surface area contributed by atoms with Gasteiger partial charge in [-0.15, -0.1) is 0 Å². The number of hydrogen-bond donors (Lipinski definition) is 3. The maximum absolute atomic E-state index is 12.1. The Morgan fingerprint density at radius 1 is 1.15 bits per heavy atom. The van der Waals surface area contributed by atoms with Crippen molar-refractivity contribution in [1.82, 2.24) is 10.3 Å². The topological polar surface area (TPSA) is 110 Å². The number of anilines is 1. The molecule has 2 heterocycles. The number of fused-ring (bicyclic) bond motifs is 1. The predicted molar refractivity (Wildman–Crippen MR) is 124 cm³/mol. The maximum Gasteiger partial charge on any atom is 0.408 e. The number of rotatable bonds is 10. The number of carbonyl (C=O) groups is 2. The Labute approximate surface area is 195 Å². The Kier molecular flexibility index (Phi) is 8.42. The summed E-state index contributed by atoms with van der Waals surface area (Å²) in [6.07, 6.45) is 11.0. The number of pyridine rings is 1. The summed E-state index contributed by atoms with van der Waals surface area (Å²) < 4.78 is 11.2. The molecule has 2 saturated carbocycles. The highest BCUT2D eigenvalue weighted by Crippen LogP contribution is 2.34. The molecule has 3 N–H and O–H groups in total. The lowest BCUT2D eigenvalue weighted by Gasteiger charge is -2.35. The molecule has 182 valence electrons. The third-order valence-corrected chi connectivity index (χ3v) is 7.13. The predicted octanol–water partition coefficient (Wildman–Crippen LogP) is 4.07.